The number of methoxy groups -OCH3 is 2. The molecule has 2 aromatic carbocycles. The molecule has 2 amide bonds. The molecule has 2 heterocycles. The van der Waals surface area contributed by atoms with Gasteiger partial charge in [-0.2, -0.15) is 0 Å². The van der Waals surface area contributed by atoms with Gasteiger partial charge in [-0.25, -0.2) is 4.98 Å². The first-order chi connectivity index (χ1) is 15.1. The molecule has 0 atom stereocenters. The van der Waals surface area contributed by atoms with Crippen molar-refractivity contribution in [1.82, 2.24) is 4.98 Å². The molecule has 0 saturated heterocycles. The van der Waals surface area contributed by atoms with Gasteiger partial charge >= 0.3 is 0 Å². The van der Waals surface area contributed by atoms with E-state index >= 15 is 0 Å². The van der Waals surface area contributed by atoms with Crippen LogP contribution in [-0.2, 0) is 4.79 Å². The Morgan fingerprint density at radius 2 is 2.00 bits per heavy atom. The quantitative estimate of drug-likeness (QED) is 0.606. The number of hydrogen-bond donors (Lipinski definition) is 2. The Morgan fingerprint density at radius 3 is 2.81 bits per heavy atom. The lowest BCUT2D eigenvalue weighted by atomic mass is 10.1. The highest BCUT2D eigenvalue weighted by molar-refractivity contribution is 6.09. The Hall–Kier alpha value is -4.33. The summed E-state index contributed by atoms with van der Waals surface area (Å²) in [5.41, 5.74) is 1.94. The number of rotatable bonds is 5. The topological polar surface area (TPSA) is 98.8 Å². The molecule has 8 nitrogen and oxygen atoms in total. The van der Waals surface area contributed by atoms with Gasteiger partial charge in [0, 0.05) is 29.6 Å². The van der Waals surface area contributed by atoms with Gasteiger partial charge in [-0.3, -0.25) is 9.59 Å². The van der Waals surface area contributed by atoms with Crippen molar-refractivity contribution in [1.29, 1.82) is 0 Å². The third-order valence-corrected chi connectivity index (χ3v) is 4.57. The smallest absolute Gasteiger partial charge is 0.259 e. The Kier molecular flexibility index (Phi) is 5.53. The summed E-state index contributed by atoms with van der Waals surface area (Å²) in [5, 5.41) is 5.49. The lowest BCUT2D eigenvalue weighted by Gasteiger charge is -2.09. The van der Waals surface area contributed by atoms with Crippen LogP contribution in [0.25, 0.3) is 6.08 Å². The van der Waals surface area contributed by atoms with Crippen LogP contribution in [0.2, 0.25) is 0 Å². The number of pyridine rings is 1. The second kappa shape index (κ2) is 8.58. The third kappa shape index (κ3) is 4.32. The van der Waals surface area contributed by atoms with Crippen LogP contribution in [0.3, 0.4) is 0 Å². The molecule has 8 heteroatoms. The van der Waals surface area contributed by atoms with Crippen LogP contribution in [0.15, 0.2) is 60.8 Å². The molecule has 2 N–H and O–H groups in total. The largest absolute Gasteiger partial charge is 0.497 e. The third-order valence-electron chi connectivity index (χ3n) is 4.57. The fourth-order valence-corrected chi connectivity index (χ4v) is 3.04. The first-order valence-corrected chi connectivity index (χ1v) is 9.37. The van der Waals surface area contributed by atoms with Gasteiger partial charge in [-0.15, -0.1) is 0 Å². The summed E-state index contributed by atoms with van der Waals surface area (Å²) < 4.78 is 16.2. The average molecular weight is 417 g/mol. The molecule has 0 aliphatic carbocycles. The second-order valence-electron chi connectivity index (χ2n) is 6.55. The standard InChI is InChI=1S/C23H19N3O5/c1-29-16-8-5-14(20(13-16)30-2)6-10-21(27)25-15-7-9-19-17(12-15)22(28)26-18-4-3-11-24-23(18)31-19/h3-13H,1-2H3,(H,25,27)(H,26,28)/b10-6+. The Morgan fingerprint density at radius 1 is 1.13 bits per heavy atom. The normalized spacial score (nSPS) is 12.1. The fraction of sp³-hybridized carbons (Fsp3) is 0.0870. The van der Waals surface area contributed by atoms with Gasteiger partial charge in [-0.1, -0.05) is 0 Å². The van der Waals surface area contributed by atoms with E-state index in [0.717, 1.165) is 5.56 Å². The van der Waals surface area contributed by atoms with E-state index in [1.54, 1.807) is 75.0 Å². The van der Waals surface area contributed by atoms with E-state index in [-0.39, 0.29) is 17.4 Å². The van der Waals surface area contributed by atoms with Gasteiger partial charge in [0.05, 0.1) is 19.8 Å². The number of nitrogens with one attached hydrogen (secondary N) is 2. The molecule has 3 aromatic rings. The van der Waals surface area contributed by atoms with Gasteiger partial charge in [-0.05, 0) is 48.5 Å². The summed E-state index contributed by atoms with van der Waals surface area (Å²) in [6.07, 6.45) is 4.59. The van der Waals surface area contributed by atoms with E-state index < -0.39 is 0 Å². The molecule has 0 saturated carbocycles. The fourth-order valence-electron chi connectivity index (χ4n) is 3.04. The molecule has 31 heavy (non-hydrogen) atoms. The monoisotopic (exact) mass is 417 g/mol. The maximum Gasteiger partial charge on any atom is 0.259 e. The summed E-state index contributed by atoms with van der Waals surface area (Å²) in [6, 6.07) is 13.5. The predicted octanol–water partition coefficient (Wildman–Crippen LogP) is 4.11. The number of ether oxygens (including phenoxy) is 3. The zero-order valence-electron chi connectivity index (χ0n) is 16.8. The molecule has 0 unspecified atom stereocenters. The number of amides is 2. The summed E-state index contributed by atoms with van der Waals surface area (Å²) in [6.45, 7) is 0. The minimum absolute atomic E-state index is 0.289. The lowest BCUT2D eigenvalue weighted by Crippen LogP contribution is -2.12. The Balaban J connectivity index is 1.51. The minimum Gasteiger partial charge on any atom is -0.497 e. The number of nitrogens with zero attached hydrogens (tertiary/aromatic N) is 1. The van der Waals surface area contributed by atoms with Crippen LogP contribution in [0.4, 0.5) is 11.4 Å². The summed E-state index contributed by atoms with van der Waals surface area (Å²) in [7, 11) is 3.11. The van der Waals surface area contributed by atoms with Crippen molar-refractivity contribution in [2.45, 2.75) is 0 Å². The molecule has 1 aliphatic rings. The second-order valence-corrected chi connectivity index (χ2v) is 6.55. The molecule has 0 spiro atoms. The highest BCUT2D eigenvalue weighted by Gasteiger charge is 2.22. The van der Waals surface area contributed by atoms with Crippen molar-refractivity contribution in [3.8, 4) is 23.1 Å². The average Bonchev–Trinajstić information content (AvgIpc) is 2.93. The van der Waals surface area contributed by atoms with Crippen molar-refractivity contribution in [3.05, 3.63) is 71.9 Å². The van der Waals surface area contributed by atoms with E-state index in [4.69, 9.17) is 14.2 Å². The molecule has 156 valence electrons. The molecule has 0 radical (unpaired) electrons. The summed E-state index contributed by atoms with van der Waals surface area (Å²) in [5.74, 6) is 1.18. The zero-order valence-corrected chi connectivity index (χ0v) is 16.8. The van der Waals surface area contributed by atoms with Crippen molar-refractivity contribution in [2.75, 3.05) is 24.9 Å². The first-order valence-electron chi connectivity index (χ1n) is 9.37. The van der Waals surface area contributed by atoms with Crippen LogP contribution in [0, 0.1) is 0 Å². The maximum atomic E-state index is 12.6. The van der Waals surface area contributed by atoms with Crippen molar-refractivity contribution >= 4 is 29.3 Å². The highest BCUT2D eigenvalue weighted by atomic mass is 16.5. The summed E-state index contributed by atoms with van der Waals surface area (Å²) in [4.78, 5) is 29.1. The number of fused-ring (bicyclic) bond motifs is 2. The van der Waals surface area contributed by atoms with E-state index in [0.29, 0.717) is 34.5 Å². The van der Waals surface area contributed by atoms with Gasteiger partial charge in [0.15, 0.2) is 0 Å². The van der Waals surface area contributed by atoms with Gasteiger partial charge in [0.1, 0.15) is 22.9 Å². The molecule has 4 rings (SSSR count). The Bertz CT molecular complexity index is 1190. The van der Waals surface area contributed by atoms with Crippen LogP contribution < -0.4 is 24.8 Å². The molecular weight excluding hydrogens is 398 g/mol. The van der Waals surface area contributed by atoms with Gasteiger partial charge in [0.25, 0.3) is 5.91 Å². The number of carbonyl (C=O) groups excluding carboxylic acids is 2. The SMILES string of the molecule is COc1ccc(/C=C/C(=O)Nc2ccc3c(c2)C(=O)Nc2cccnc2O3)c(OC)c1. The minimum atomic E-state index is -0.363. The van der Waals surface area contributed by atoms with Gasteiger partial charge in [0.2, 0.25) is 11.8 Å². The van der Waals surface area contributed by atoms with Crippen LogP contribution in [-0.4, -0.2) is 31.0 Å². The van der Waals surface area contributed by atoms with Crippen LogP contribution in [0.5, 0.6) is 23.1 Å². The van der Waals surface area contributed by atoms with Crippen LogP contribution >= 0.6 is 0 Å². The van der Waals surface area contributed by atoms with Crippen molar-refractivity contribution in [2.24, 2.45) is 0 Å². The number of hydrogen-bond acceptors (Lipinski definition) is 6. The molecule has 0 fully saturated rings. The number of carbonyl (C=O) groups is 2. The highest BCUT2D eigenvalue weighted by Crippen LogP contribution is 2.35. The zero-order chi connectivity index (χ0) is 21.8. The van der Waals surface area contributed by atoms with Crippen LogP contribution in [0.1, 0.15) is 15.9 Å². The van der Waals surface area contributed by atoms with E-state index in [9.17, 15) is 9.59 Å². The molecular formula is C23H19N3O5. The molecule has 0 bridgehead atoms. The van der Waals surface area contributed by atoms with Gasteiger partial charge < -0.3 is 24.8 Å². The van der Waals surface area contributed by atoms with Crippen molar-refractivity contribution in [3.63, 3.8) is 0 Å². The van der Waals surface area contributed by atoms with E-state index in [2.05, 4.69) is 15.6 Å². The summed E-state index contributed by atoms with van der Waals surface area (Å²) >= 11 is 0. The van der Waals surface area contributed by atoms with Crippen molar-refractivity contribution < 1.29 is 23.8 Å². The lowest BCUT2D eigenvalue weighted by molar-refractivity contribution is -0.111. The van der Waals surface area contributed by atoms with E-state index in [1.807, 2.05) is 0 Å². The number of benzene rings is 2. The Labute approximate surface area is 178 Å². The predicted molar refractivity (Wildman–Crippen MR) is 116 cm³/mol. The maximum absolute atomic E-state index is 12.6. The number of aromatic nitrogens is 1. The first kappa shape index (κ1) is 20.0. The molecule has 1 aliphatic heterocycles. The van der Waals surface area contributed by atoms with E-state index in [1.165, 1.54) is 6.08 Å². The molecule has 1 aromatic heterocycles. The number of anilines is 2.